The van der Waals surface area contributed by atoms with Crippen LogP contribution in [0.3, 0.4) is 0 Å². The molecule has 1 aromatic heterocycles. The van der Waals surface area contributed by atoms with E-state index in [9.17, 15) is 13.2 Å². The molecule has 0 saturated carbocycles. The zero-order valence-corrected chi connectivity index (χ0v) is 10.6. The molecule has 0 unspecified atom stereocenters. The minimum Gasteiger partial charge on any atom is -0.359 e. The van der Waals surface area contributed by atoms with Crippen LogP contribution in [0.2, 0.25) is 0 Å². The van der Waals surface area contributed by atoms with E-state index in [0.29, 0.717) is 18.1 Å². The fourth-order valence-electron chi connectivity index (χ4n) is 1.91. The summed E-state index contributed by atoms with van der Waals surface area (Å²) in [6.07, 6.45) is -2.52. The Hall–Kier alpha value is -1.98. The first-order valence-corrected chi connectivity index (χ1v) is 5.78. The Labute approximate surface area is 109 Å². The highest BCUT2D eigenvalue weighted by Gasteiger charge is 2.30. The highest BCUT2D eigenvalue weighted by Crippen LogP contribution is 2.29. The second-order valence-electron chi connectivity index (χ2n) is 4.28. The lowest BCUT2D eigenvalue weighted by Crippen LogP contribution is -2.08. The third kappa shape index (κ3) is 3.07. The maximum Gasteiger partial charge on any atom is 0.416 e. The lowest BCUT2D eigenvalue weighted by Gasteiger charge is -2.10. The van der Waals surface area contributed by atoms with E-state index in [4.69, 9.17) is 0 Å². The third-order valence-corrected chi connectivity index (χ3v) is 2.73. The van der Waals surface area contributed by atoms with Crippen LogP contribution in [0.15, 0.2) is 30.5 Å². The van der Waals surface area contributed by atoms with Crippen molar-refractivity contribution in [3.63, 3.8) is 0 Å². The topological polar surface area (TPSA) is 29.9 Å². The first-order valence-electron chi connectivity index (χ1n) is 5.78. The Morgan fingerprint density at radius 3 is 2.68 bits per heavy atom. The van der Waals surface area contributed by atoms with Crippen LogP contribution in [0.4, 0.5) is 19.1 Å². The molecule has 19 heavy (non-hydrogen) atoms. The molecule has 0 fully saturated rings. The van der Waals surface area contributed by atoms with Gasteiger partial charge in [0.05, 0.1) is 17.8 Å². The van der Waals surface area contributed by atoms with Gasteiger partial charge in [-0.3, -0.25) is 0 Å². The maximum absolute atomic E-state index is 12.6. The van der Waals surface area contributed by atoms with Crippen molar-refractivity contribution in [1.29, 1.82) is 0 Å². The monoisotopic (exact) mass is 269 g/mol. The highest BCUT2D eigenvalue weighted by atomic mass is 19.4. The predicted molar refractivity (Wildman–Crippen MR) is 67.1 cm³/mol. The van der Waals surface area contributed by atoms with Crippen molar-refractivity contribution >= 4 is 5.95 Å². The number of imidazole rings is 1. The van der Waals surface area contributed by atoms with Crippen molar-refractivity contribution in [2.45, 2.75) is 19.6 Å². The van der Waals surface area contributed by atoms with Gasteiger partial charge in [0.25, 0.3) is 0 Å². The van der Waals surface area contributed by atoms with Crippen molar-refractivity contribution in [3.8, 4) is 0 Å². The van der Waals surface area contributed by atoms with Crippen LogP contribution >= 0.6 is 0 Å². The lowest BCUT2D eigenvalue weighted by atomic mass is 10.1. The molecule has 1 N–H and O–H groups in total. The van der Waals surface area contributed by atoms with Gasteiger partial charge in [0, 0.05) is 13.2 Å². The number of hydrogen-bond acceptors (Lipinski definition) is 2. The Kier molecular flexibility index (Phi) is 3.50. The van der Waals surface area contributed by atoms with Crippen molar-refractivity contribution in [3.05, 3.63) is 47.3 Å². The van der Waals surface area contributed by atoms with Gasteiger partial charge in [-0.2, -0.15) is 13.2 Å². The molecule has 0 aliphatic heterocycles. The molecule has 0 aliphatic carbocycles. The van der Waals surface area contributed by atoms with Gasteiger partial charge < -0.3 is 9.88 Å². The number of nitrogens with zero attached hydrogens (tertiary/aromatic N) is 2. The zero-order valence-electron chi connectivity index (χ0n) is 10.6. The maximum atomic E-state index is 12.6. The van der Waals surface area contributed by atoms with Crippen LogP contribution in [0, 0.1) is 6.92 Å². The van der Waals surface area contributed by atoms with E-state index in [2.05, 4.69) is 10.3 Å². The molecule has 0 amide bonds. The van der Waals surface area contributed by atoms with Crippen LogP contribution in [0.1, 0.15) is 16.8 Å². The number of benzene rings is 1. The molecule has 102 valence electrons. The van der Waals surface area contributed by atoms with Crippen LogP contribution in [-0.4, -0.2) is 16.6 Å². The molecule has 0 saturated heterocycles. The van der Waals surface area contributed by atoms with Gasteiger partial charge in [-0.1, -0.05) is 12.1 Å². The van der Waals surface area contributed by atoms with E-state index < -0.39 is 11.7 Å². The summed E-state index contributed by atoms with van der Waals surface area (Å²) >= 11 is 0. The number of aromatic nitrogens is 2. The third-order valence-electron chi connectivity index (χ3n) is 2.73. The van der Waals surface area contributed by atoms with E-state index in [-0.39, 0.29) is 0 Å². The first kappa shape index (κ1) is 13.5. The van der Waals surface area contributed by atoms with Crippen LogP contribution in [-0.2, 0) is 12.7 Å². The Balaban J connectivity index is 2.28. The Morgan fingerprint density at radius 2 is 2.05 bits per heavy atom. The summed E-state index contributed by atoms with van der Waals surface area (Å²) in [6, 6.07) is 5.32. The largest absolute Gasteiger partial charge is 0.416 e. The summed E-state index contributed by atoms with van der Waals surface area (Å²) in [5.74, 6) is 0.634. The number of hydrogen-bond donors (Lipinski definition) is 1. The van der Waals surface area contributed by atoms with Crippen LogP contribution < -0.4 is 5.32 Å². The lowest BCUT2D eigenvalue weighted by molar-refractivity contribution is -0.137. The van der Waals surface area contributed by atoms with E-state index >= 15 is 0 Å². The van der Waals surface area contributed by atoms with E-state index in [1.165, 1.54) is 6.07 Å². The van der Waals surface area contributed by atoms with Crippen molar-refractivity contribution in [2.75, 3.05) is 12.4 Å². The number of anilines is 1. The van der Waals surface area contributed by atoms with Gasteiger partial charge in [-0.25, -0.2) is 4.98 Å². The van der Waals surface area contributed by atoms with Gasteiger partial charge in [-0.05, 0) is 24.6 Å². The molecule has 0 atom stereocenters. The molecule has 0 bridgehead atoms. The molecular weight excluding hydrogens is 255 g/mol. The van der Waals surface area contributed by atoms with Gasteiger partial charge in [0.15, 0.2) is 0 Å². The van der Waals surface area contributed by atoms with Crippen molar-refractivity contribution in [2.24, 2.45) is 0 Å². The summed E-state index contributed by atoms with van der Waals surface area (Å²) in [6.45, 7) is 2.18. The minimum atomic E-state index is -4.31. The van der Waals surface area contributed by atoms with E-state index in [1.807, 2.05) is 6.92 Å². The highest BCUT2D eigenvalue weighted by molar-refractivity contribution is 5.31. The second-order valence-corrected chi connectivity index (χ2v) is 4.28. The molecule has 0 spiro atoms. The van der Waals surface area contributed by atoms with Crippen molar-refractivity contribution in [1.82, 2.24) is 9.55 Å². The van der Waals surface area contributed by atoms with Gasteiger partial charge >= 0.3 is 6.18 Å². The fraction of sp³-hybridized carbons (Fsp3) is 0.308. The predicted octanol–water partition coefficient (Wildman–Crippen LogP) is 3.30. The van der Waals surface area contributed by atoms with E-state index in [0.717, 1.165) is 17.8 Å². The number of alkyl halides is 3. The smallest absolute Gasteiger partial charge is 0.359 e. The molecule has 2 rings (SSSR count). The fourth-order valence-corrected chi connectivity index (χ4v) is 1.91. The zero-order chi connectivity index (χ0) is 14.0. The molecule has 0 aliphatic rings. The van der Waals surface area contributed by atoms with Crippen molar-refractivity contribution < 1.29 is 13.2 Å². The number of halogens is 3. The molecule has 3 nitrogen and oxygen atoms in total. The number of aryl methyl sites for hydroxylation is 1. The minimum absolute atomic E-state index is 0.348. The summed E-state index contributed by atoms with van der Waals surface area (Å²) in [7, 11) is 1.73. The first-order chi connectivity index (χ1) is 8.90. The van der Waals surface area contributed by atoms with Gasteiger partial charge in [-0.15, -0.1) is 0 Å². The van der Waals surface area contributed by atoms with Crippen LogP contribution in [0.25, 0.3) is 0 Å². The Bertz CT molecular complexity index is 573. The van der Waals surface area contributed by atoms with E-state index in [1.54, 1.807) is 23.9 Å². The summed E-state index contributed by atoms with van der Waals surface area (Å²) in [4.78, 5) is 4.23. The Morgan fingerprint density at radius 1 is 1.32 bits per heavy atom. The molecule has 0 radical (unpaired) electrons. The van der Waals surface area contributed by atoms with Gasteiger partial charge in [0.2, 0.25) is 5.95 Å². The van der Waals surface area contributed by atoms with Crippen LogP contribution in [0.5, 0.6) is 0 Å². The average Bonchev–Trinajstić information content (AvgIpc) is 2.69. The normalized spacial score (nSPS) is 11.6. The molecule has 1 heterocycles. The second kappa shape index (κ2) is 4.95. The average molecular weight is 269 g/mol. The standard InChI is InChI=1S/C13H14F3N3/c1-9-7-19(12(17-2)18-9)8-10-4-3-5-11(6-10)13(14,15)16/h3-7H,8H2,1-2H3,(H,17,18). The molecule has 6 heteroatoms. The SMILES string of the molecule is CNc1nc(C)cn1Cc1cccc(C(F)(F)F)c1. The summed E-state index contributed by atoms with van der Waals surface area (Å²) in [5, 5.41) is 2.91. The molecular formula is C13H14F3N3. The quantitative estimate of drug-likeness (QED) is 0.926. The number of rotatable bonds is 3. The summed E-state index contributed by atoms with van der Waals surface area (Å²) < 4.78 is 39.7. The molecule has 1 aromatic carbocycles. The number of nitrogens with one attached hydrogen (secondary N) is 1. The molecule has 2 aromatic rings. The van der Waals surface area contributed by atoms with Gasteiger partial charge in [0.1, 0.15) is 0 Å². The summed E-state index contributed by atoms with van der Waals surface area (Å²) in [5.41, 5.74) is 0.771.